The van der Waals surface area contributed by atoms with E-state index in [2.05, 4.69) is 29.4 Å². The Kier molecular flexibility index (Phi) is 5.17. The molecule has 1 fully saturated rings. The molecule has 0 spiro atoms. The summed E-state index contributed by atoms with van der Waals surface area (Å²) in [5, 5.41) is 25.1. The van der Waals surface area contributed by atoms with Crippen molar-refractivity contribution >= 4 is 21.4 Å². The second-order valence-electron chi connectivity index (χ2n) is 6.83. The molecule has 1 aliphatic rings. The number of hydrogen-bond acceptors (Lipinski definition) is 7. The molecule has 4 N–H and O–H groups in total. The average Bonchev–Trinajstić information content (AvgIpc) is 3.13. The van der Waals surface area contributed by atoms with Gasteiger partial charge in [-0.3, -0.25) is 14.3 Å². The molecule has 4 rings (SSSR count). The van der Waals surface area contributed by atoms with Gasteiger partial charge < -0.3 is 20.3 Å². The van der Waals surface area contributed by atoms with E-state index in [-0.39, 0.29) is 0 Å². The molecule has 148 valence electrons. The predicted molar refractivity (Wildman–Crippen MR) is 106 cm³/mol. The van der Waals surface area contributed by atoms with Crippen molar-refractivity contribution in [2.45, 2.75) is 38.0 Å². The lowest BCUT2D eigenvalue weighted by atomic mass is 10.1. The summed E-state index contributed by atoms with van der Waals surface area (Å²) in [6.45, 7) is 2.98. The van der Waals surface area contributed by atoms with E-state index < -0.39 is 35.8 Å². The van der Waals surface area contributed by atoms with Gasteiger partial charge in [0.25, 0.3) is 5.56 Å². The highest BCUT2D eigenvalue weighted by Crippen LogP contribution is 2.31. The fourth-order valence-electron chi connectivity index (χ4n) is 3.54. The molecule has 3 aromatic rings. The number of aliphatic hydroxyl groups excluding tert-OH is 2. The number of ether oxygens (including phenoxy) is 1. The molecule has 1 aromatic carbocycles. The first-order valence-corrected chi connectivity index (χ1v) is 9.78. The first-order valence-electron chi connectivity index (χ1n) is 8.96. The molecule has 0 saturated carbocycles. The molecule has 1 saturated heterocycles. The van der Waals surface area contributed by atoms with E-state index in [1.54, 1.807) is 11.3 Å². The number of aliphatic hydroxyl groups is 2. The number of aromatic nitrogens is 2. The highest BCUT2D eigenvalue weighted by atomic mass is 32.1. The van der Waals surface area contributed by atoms with Crippen molar-refractivity contribution < 1.29 is 14.9 Å². The van der Waals surface area contributed by atoms with Gasteiger partial charge in [-0.05, 0) is 23.9 Å². The molecule has 0 aliphatic carbocycles. The van der Waals surface area contributed by atoms with Crippen LogP contribution in [-0.2, 0) is 11.3 Å². The Bertz CT molecular complexity index is 1100. The number of aryl methyl sites for hydroxylation is 1. The summed E-state index contributed by atoms with van der Waals surface area (Å²) in [5.74, 6) is 0. The van der Waals surface area contributed by atoms with Gasteiger partial charge in [-0.2, -0.15) is 0 Å². The Morgan fingerprint density at radius 2 is 2.00 bits per heavy atom. The Labute approximate surface area is 164 Å². The monoisotopic (exact) mass is 403 g/mol. The SMILES string of the molecule is Cc1sc2ccccc2c1CNC[C@H]1O[C@@H](n2ccc(=O)[nH]c2=O)[C@H](O)[C@@H]1O. The van der Waals surface area contributed by atoms with Crippen LogP contribution in [0.4, 0.5) is 0 Å². The molecule has 9 heteroatoms. The van der Waals surface area contributed by atoms with Crippen LogP contribution in [0.2, 0.25) is 0 Å². The number of aromatic amines is 1. The Morgan fingerprint density at radius 3 is 2.79 bits per heavy atom. The molecule has 0 bridgehead atoms. The molecular weight excluding hydrogens is 382 g/mol. The van der Waals surface area contributed by atoms with Crippen molar-refractivity contribution in [3.63, 3.8) is 0 Å². The van der Waals surface area contributed by atoms with E-state index in [1.807, 2.05) is 12.1 Å². The second-order valence-corrected chi connectivity index (χ2v) is 8.08. The van der Waals surface area contributed by atoms with Crippen LogP contribution in [0.1, 0.15) is 16.7 Å². The van der Waals surface area contributed by atoms with Gasteiger partial charge in [0.05, 0.1) is 0 Å². The van der Waals surface area contributed by atoms with Crippen molar-refractivity contribution in [1.29, 1.82) is 0 Å². The molecule has 0 radical (unpaired) electrons. The summed E-state index contributed by atoms with van der Waals surface area (Å²) in [6.07, 6.45) is -2.94. The number of benzene rings is 1. The van der Waals surface area contributed by atoms with Crippen LogP contribution in [0.15, 0.2) is 46.1 Å². The van der Waals surface area contributed by atoms with Crippen molar-refractivity contribution in [1.82, 2.24) is 14.9 Å². The highest BCUT2D eigenvalue weighted by molar-refractivity contribution is 7.19. The third-order valence-electron chi connectivity index (χ3n) is 5.01. The average molecular weight is 403 g/mol. The van der Waals surface area contributed by atoms with Crippen molar-refractivity contribution in [2.24, 2.45) is 0 Å². The summed E-state index contributed by atoms with van der Waals surface area (Å²) in [5.41, 5.74) is -0.0365. The Morgan fingerprint density at radius 1 is 1.21 bits per heavy atom. The maximum atomic E-state index is 11.9. The minimum atomic E-state index is -1.28. The zero-order chi connectivity index (χ0) is 19.8. The third-order valence-corrected chi connectivity index (χ3v) is 6.14. The number of H-pyrrole nitrogens is 1. The van der Waals surface area contributed by atoms with E-state index in [1.165, 1.54) is 32.8 Å². The summed E-state index contributed by atoms with van der Waals surface area (Å²) in [6, 6.07) is 9.35. The summed E-state index contributed by atoms with van der Waals surface area (Å²) in [7, 11) is 0. The molecule has 8 nitrogen and oxygen atoms in total. The fraction of sp³-hybridized carbons (Fsp3) is 0.368. The van der Waals surface area contributed by atoms with Crippen molar-refractivity contribution in [2.75, 3.05) is 6.54 Å². The molecule has 3 heterocycles. The van der Waals surface area contributed by atoms with Gasteiger partial charge >= 0.3 is 5.69 Å². The number of nitrogens with one attached hydrogen (secondary N) is 2. The van der Waals surface area contributed by atoms with E-state index in [0.717, 1.165) is 4.57 Å². The van der Waals surface area contributed by atoms with Gasteiger partial charge in [-0.25, -0.2) is 4.79 Å². The molecule has 0 amide bonds. The van der Waals surface area contributed by atoms with E-state index >= 15 is 0 Å². The minimum Gasteiger partial charge on any atom is -0.387 e. The third kappa shape index (κ3) is 3.43. The van der Waals surface area contributed by atoms with E-state index in [9.17, 15) is 19.8 Å². The molecule has 4 atom stereocenters. The molecule has 0 unspecified atom stereocenters. The van der Waals surface area contributed by atoms with Gasteiger partial charge in [-0.1, -0.05) is 18.2 Å². The summed E-state index contributed by atoms with van der Waals surface area (Å²) < 4.78 is 8.01. The van der Waals surface area contributed by atoms with Crippen LogP contribution < -0.4 is 16.6 Å². The van der Waals surface area contributed by atoms with Crippen LogP contribution >= 0.6 is 11.3 Å². The maximum Gasteiger partial charge on any atom is 0.330 e. The van der Waals surface area contributed by atoms with Crippen LogP contribution in [0.5, 0.6) is 0 Å². The predicted octanol–water partition coefficient (Wildman–Crippen LogP) is 0.469. The Balaban J connectivity index is 1.44. The van der Waals surface area contributed by atoms with Gasteiger partial charge in [0.15, 0.2) is 6.23 Å². The molecule has 1 aliphatic heterocycles. The van der Waals surface area contributed by atoms with E-state index in [4.69, 9.17) is 4.74 Å². The lowest BCUT2D eigenvalue weighted by Gasteiger charge is -2.16. The van der Waals surface area contributed by atoms with Gasteiger partial charge in [-0.15, -0.1) is 11.3 Å². The lowest BCUT2D eigenvalue weighted by molar-refractivity contribution is -0.0392. The molecular formula is C19H21N3O5S. The lowest BCUT2D eigenvalue weighted by Crippen LogP contribution is -2.38. The number of rotatable bonds is 5. The van der Waals surface area contributed by atoms with Crippen LogP contribution in [0.25, 0.3) is 10.1 Å². The van der Waals surface area contributed by atoms with Crippen molar-refractivity contribution in [3.05, 3.63) is 67.8 Å². The largest absolute Gasteiger partial charge is 0.387 e. The van der Waals surface area contributed by atoms with Crippen LogP contribution in [0, 0.1) is 6.92 Å². The van der Waals surface area contributed by atoms with Crippen LogP contribution in [0.3, 0.4) is 0 Å². The van der Waals surface area contributed by atoms with E-state index in [0.29, 0.717) is 13.1 Å². The topological polar surface area (TPSA) is 117 Å². The zero-order valence-corrected chi connectivity index (χ0v) is 16.0. The second kappa shape index (κ2) is 7.61. The fourth-order valence-corrected chi connectivity index (χ4v) is 4.62. The number of fused-ring (bicyclic) bond motifs is 1. The Hall–Kier alpha value is -2.30. The number of hydrogen-bond donors (Lipinski definition) is 4. The highest BCUT2D eigenvalue weighted by Gasteiger charge is 2.43. The normalized spacial score (nSPS) is 24.8. The summed E-state index contributed by atoms with van der Waals surface area (Å²) >= 11 is 1.74. The first-order chi connectivity index (χ1) is 13.5. The first kappa shape index (κ1) is 19.0. The smallest absolute Gasteiger partial charge is 0.330 e. The number of thiophene rings is 1. The zero-order valence-electron chi connectivity index (χ0n) is 15.2. The quantitative estimate of drug-likeness (QED) is 0.492. The summed E-state index contributed by atoms with van der Waals surface area (Å²) in [4.78, 5) is 26.5. The number of nitrogens with zero attached hydrogens (tertiary/aromatic N) is 1. The van der Waals surface area contributed by atoms with Gasteiger partial charge in [0.2, 0.25) is 0 Å². The van der Waals surface area contributed by atoms with Gasteiger partial charge in [0.1, 0.15) is 18.3 Å². The molecule has 2 aromatic heterocycles. The maximum absolute atomic E-state index is 11.9. The van der Waals surface area contributed by atoms with Crippen LogP contribution in [-0.4, -0.2) is 44.6 Å². The molecule has 28 heavy (non-hydrogen) atoms. The standard InChI is InChI=1S/C19H21N3O5S/c1-10-12(11-4-2-3-5-14(11)28-10)8-20-9-13-16(24)17(25)18(27-13)22-7-6-15(23)21-19(22)26/h2-7,13,16-18,20,24-25H,8-9H2,1H3,(H,21,23,26)/t13-,16-,17-,18-/m1/s1. The van der Waals surface area contributed by atoms with Crippen molar-refractivity contribution in [3.8, 4) is 0 Å². The minimum absolute atomic E-state index is 0.302. The van der Waals surface area contributed by atoms with Gasteiger partial charge in [0, 0.05) is 34.9 Å².